The molecule has 5 heteroatoms. The van der Waals surface area contributed by atoms with Gasteiger partial charge in [-0.1, -0.05) is 46.6 Å². The summed E-state index contributed by atoms with van der Waals surface area (Å²) in [5.41, 5.74) is 1.62. The van der Waals surface area contributed by atoms with Crippen LogP contribution >= 0.6 is 43.5 Å². The van der Waals surface area contributed by atoms with Crippen molar-refractivity contribution >= 4 is 43.5 Å². The van der Waals surface area contributed by atoms with E-state index in [0.717, 1.165) is 21.1 Å². The Labute approximate surface area is 146 Å². The average Bonchev–Trinajstić information content (AvgIpc) is 2.45. The molecular weight excluding hydrogens is 420 g/mol. The number of likely N-dealkylation sites (N-methyl/N-ethyl adjacent to an activating group) is 1. The van der Waals surface area contributed by atoms with Crippen molar-refractivity contribution in [1.82, 2.24) is 5.32 Å². The first-order chi connectivity index (χ1) is 10.0. The molecule has 0 fully saturated rings. The molecule has 2 aromatic rings. The van der Waals surface area contributed by atoms with Gasteiger partial charge in [-0.3, -0.25) is 0 Å². The molecule has 0 aliphatic rings. The lowest BCUT2D eigenvalue weighted by Crippen LogP contribution is -2.23. The number of halogens is 4. The van der Waals surface area contributed by atoms with Gasteiger partial charge in [0.25, 0.3) is 0 Å². The van der Waals surface area contributed by atoms with Crippen molar-refractivity contribution in [2.75, 3.05) is 6.54 Å². The highest BCUT2D eigenvalue weighted by atomic mass is 79.9. The van der Waals surface area contributed by atoms with Gasteiger partial charge in [0.2, 0.25) is 0 Å². The van der Waals surface area contributed by atoms with Crippen LogP contribution in [0.5, 0.6) is 0 Å². The van der Waals surface area contributed by atoms with E-state index >= 15 is 0 Å². The molecule has 0 aromatic heterocycles. The van der Waals surface area contributed by atoms with Crippen molar-refractivity contribution in [3.63, 3.8) is 0 Å². The van der Waals surface area contributed by atoms with Crippen LogP contribution in [0, 0.1) is 5.82 Å². The van der Waals surface area contributed by atoms with Crippen LogP contribution < -0.4 is 5.32 Å². The number of rotatable bonds is 5. The fraction of sp³-hybridized carbons (Fsp3) is 0.250. The van der Waals surface area contributed by atoms with E-state index < -0.39 is 0 Å². The highest BCUT2D eigenvalue weighted by Gasteiger charge is 2.17. The topological polar surface area (TPSA) is 12.0 Å². The SMILES string of the molecule is CCNC(Cc1cc(Br)ccc1F)c1cccc(Br)c1Cl. The molecule has 1 nitrogen and oxygen atoms in total. The molecule has 0 radical (unpaired) electrons. The second-order valence-electron chi connectivity index (χ2n) is 4.69. The van der Waals surface area contributed by atoms with Crippen LogP contribution in [-0.2, 0) is 6.42 Å². The predicted octanol–water partition coefficient (Wildman–Crippen LogP) is 5.90. The van der Waals surface area contributed by atoms with Gasteiger partial charge in [0.05, 0.1) is 5.02 Å². The molecule has 0 saturated carbocycles. The molecule has 0 amide bonds. The number of benzene rings is 2. The third-order valence-corrected chi connectivity index (χ3v) is 5.04. The summed E-state index contributed by atoms with van der Waals surface area (Å²) in [5, 5.41) is 4.04. The molecule has 0 aliphatic carbocycles. The minimum absolute atomic E-state index is 0.0381. The molecule has 0 bridgehead atoms. The summed E-state index contributed by atoms with van der Waals surface area (Å²) in [7, 11) is 0. The van der Waals surface area contributed by atoms with E-state index in [1.54, 1.807) is 6.07 Å². The summed E-state index contributed by atoms with van der Waals surface area (Å²) in [4.78, 5) is 0. The zero-order valence-electron chi connectivity index (χ0n) is 11.5. The molecule has 0 spiro atoms. The fourth-order valence-electron chi connectivity index (χ4n) is 2.25. The summed E-state index contributed by atoms with van der Waals surface area (Å²) in [6, 6.07) is 10.8. The standard InChI is InChI=1S/C16H15Br2ClFN/c1-2-21-15(12-4-3-5-13(18)16(12)19)9-10-8-11(17)6-7-14(10)20/h3-8,15,21H,2,9H2,1H3. The Balaban J connectivity index is 2.35. The predicted molar refractivity (Wildman–Crippen MR) is 93.4 cm³/mol. The first-order valence-corrected chi connectivity index (χ1v) is 8.60. The average molecular weight is 436 g/mol. The molecule has 0 saturated heterocycles. The Morgan fingerprint density at radius 1 is 1.24 bits per heavy atom. The molecule has 2 rings (SSSR count). The second kappa shape index (κ2) is 7.73. The van der Waals surface area contributed by atoms with Crippen LogP contribution in [0.2, 0.25) is 5.02 Å². The van der Waals surface area contributed by atoms with Crippen molar-refractivity contribution in [3.8, 4) is 0 Å². The summed E-state index contributed by atoms with van der Waals surface area (Å²) in [6.45, 7) is 2.80. The Morgan fingerprint density at radius 3 is 2.71 bits per heavy atom. The Hall–Kier alpha value is -0.420. The van der Waals surface area contributed by atoms with E-state index in [1.165, 1.54) is 6.07 Å². The van der Waals surface area contributed by atoms with Gasteiger partial charge in [-0.05, 0) is 64.3 Å². The Morgan fingerprint density at radius 2 is 2.00 bits per heavy atom. The van der Waals surface area contributed by atoms with Crippen molar-refractivity contribution in [1.29, 1.82) is 0 Å². The van der Waals surface area contributed by atoms with Crippen LogP contribution in [0.4, 0.5) is 4.39 Å². The van der Waals surface area contributed by atoms with Crippen molar-refractivity contribution in [2.45, 2.75) is 19.4 Å². The number of hydrogen-bond donors (Lipinski definition) is 1. The second-order valence-corrected chi connectivity index (χ2v) is 6.84. The summed E-state index contributed by atoms with van der Waals surface area (Å²) in [5.74, 6) is -0.202. The van der Waals surface area contributed by atoms with Gasteiger partial charge >= 0.3 is 0 Å². The Kier molecular flexibility index (Phi) is 6.23. The quantitative estimate of drug-likeness (QED) is 0.617. The lowest BCUT2D eigenvalue weighted by Gasteiger charge is -2.20. The van der Waals surface area contributed by atoms with Crippen molar-refractivity contribution in [2.24, 2.45) is 0 Å². The molecular formula is C16H15Br2ClFN. The first kappa shape index (κ1) is 16.9. The first-order valence-electron chi connectivity index (χ1n) is 6.64. The van der Waals surface area contributed by atoms with Gasteiger partial charge in [-0.15, -0.1) is 0 Å². The molecule has 112 valence electrons. The van der Waals surface area contributed by atoms with Crippen LogP contribution in [-0.4, -0.2) is 6.54 Å². The van der Waals surface area contributed by atoms with Crippen LogP contribution in [0.1, 0.15) is 24.1 Å². The van der Waals surface area contributed by atoms with E-state index in [9.17, 15) is 4.39 Å². The monoisotopic (exact) mass is 433 g/mol. The smallest absolute Gasteiger partial charge is 0.126 e. The molecule has 1 unspecified atom stereocenters. The van der Waals surface area contributed by atoms with Gasteiger partial charge in [-0.25, -0.2) is 4.39 Å². The van der Waals surface area contributed by atoms with E-state index in [2.05, 4.69) is 37.2 Å². The van der Waals surface area contributed by atoms with E-state index in [1.807, 2.05) is 31.2 Å². The maximum absolute atomic E-state index is 14.0. The lowest BCUT2D eigenvalue weighted by atomic mass is 9.98. The largest absolute Gasteiger partial charge is 0.310 e. The van der Waals surface area contributed by atoms with Gasteiger partial charge in [0, 0.05) is 15.0 Å². The number of nitrogens with one attached hydrogen (secondary N) is 1. The van der Waals surface area contributed by atoms with Crippen molar-refractivity contribution < 1.29 is 4.39 Å². The van der Waals surface area contributed by atoms with Gasteiger partial charge in [0.15, 0.2) is 0 Å². The lowest BCUT2D eigenvalue weighted by molar-refractivity contribution is 0.527. The molecule has 1 atom stereocenters. The van der Waals surface area contributed by atoms with E-state index in [-0.39, 0.29) is 11.9 Å². The highest BCUT2D eigenvalue weighted by molar-refractivity contribution is 9.10. The molecule has 0 heterocycles. The van der Waals surface area contributed by atoms with Crippen LogP contribution in [0.25, 0.3) is 0 Å². The molecule has 0 aliphatic heterocycles. The van der Waals surface area contributed by atoms with Crippen LogP contribution in [0.15, 0.2) is 45.3 Å². The maximum atomic E-state index is 14.0. The normalized spacial score (nSPS) is 12.4. The van der Waals surface area contributed by atoms with E-state index in [0.29, 0.717) is 17.0 Å². The minimum Gasteiger partial charge on any atom is -0.310 e. The van der Waals surface area contributed by atoms with Crippen molar-refractivity contribution in [3.05, 3.63) is 67.3 Å². The number of hydrogen-bond acceptors (Lipinski definition) is 1. The molecule has 2 aromatic carbocycles. The fourth-order valence-corrected chi connectivity index (χ4v) is 3.30. The third-order valence-electron chi connectivity index (χ3n) is 3.24. The van der Waals surface area contributed by atoms with E-state index in [4.69, 9.17) is 11.6 Å². The van der Waals surface area contributed by atoms with Gasteiger partial charge in [0.1, 0.15) is 5.82 Å². The highest BCUT2D eigenvalue weighted by Crippen LogP contribution is 2.32. The summed E-state index contributed by atoms with van der Waals surface area (Å²) >= 11 is 13.2. The maximum Gasteiger partial charge on any atom is 0.126 e. The Bertz CT molecular complexity index is 634. The zero-order valence-corrected chi connectivity index (χ0v) is 15.4. The van der Waals surface area contributed by atoms with Crippen LogP contribution in [0.3, 0.4) is 0 Å². The zero-order chi connectivity index (χ0) is 15.4. The van der Waals surface area contributed by atoms with Gasteiger partial charge in [-0.2, -0.15) is 0 Å². The third kappa shape index (κ3) is 4.28. The summed E-state index contributed by atoms with van der Waals surface area (Å²) in [6.07, 6.45) is 0.537. The summed E-state index contributed by atoms with van der Waals surface area (Å²) < 4.78 is 15.7. The van der Waals surface area contributed by atoms with Gasteiger partial charge < -0.3 is 5.32 Å². The minimum atomic E-state index is -0.202. The molecule has 21 heavy (non-hydrogen) atoms. The molecule has 1 N–H and O–H groups in total.